The summed E-state index contributed by atoms with van der Waals surface area (Å²) in [6.45, 7) is 5.92. The van der Waals surface area contributed by atoms with Crippen LogP contribution in [-0.4, -0.2) is 0 Å². The van der Waals surface area contributed by atoms with Crippen LogP contribution in [0.4, 0.5) is 0 Å². The Kier molecular flexibility index (Phi) is 6.62. The normalized spacial score (nSPS) is 23.0. The average Bonchev–Trinajstić information content (AvgIpc) is 2.41. The first kappa shape index (κ1) is 15.8. The summed E-state index contributed by atoms with van der Waals surface area (Å²) in [5, 5.41) is 0. The van der Waals surface area contributed by atoms with Crippen LogP contribution in [0.25, 0.3) is 0 Å². The van der Waals surface area contributed by atoms with Crippen LogP contribution in [0.1, 0.15) is 57.1 Å². The summed E-state index contributed by atoms with van der Waals surface area (Å²) in [5.41, 5.74) is 2.90. The van der Waals surface area contributed by atoms with E-state index in [4.69, 9.17) is 0 Å². The van der Waals surface area contributed by atoms with Gasteiger partial charge in [0.15, 0.2) is 0 Å². The fraction of sp³-hybridized carbons (Fsp3) is 0.474. The first-order chi connectivity index (χ1) is 8.83. The second-order valence-corrected chi connectivity index (χ2v) is 5.37. The maximum atomic E-state index is 3.79. The predicted molar refractivity (Wildman–Crippen MR) is 86.6 cm³/mol. The Balaban J connectivity index is 0.00000180. The summed E-state index contributed by atoms with van der Waals surface area (Å²) in [6.07, 6.45) is 12.9. The molecule has 104 valence electrons. The Morgan fingerprint density at radius 1 is 1.11 bits per heavy atom. The Morgan fingerprint density at radius 3 is 2.26 bits per heavy atom. The lowest BCUT2D eigenvalue weighted by molar-refractivity contribution is 0.375. The van der Waals surface area contributed by atoms with Crippen molar-refractivity contribution in [2.24, 2.45) is 5.92 Å². The minimum atomic E-state index is 0. The topological polar surface area (TPSA) is 0 Å². The second-order valence-electron chi connectivity index (χ2n) is 5.37. The van der Waals surface area contributed by atoms with E-state index in [-0.39, 0.29) is 7.43 Å². The predicted octanol–water partition coefficient (Wildman–Crippen LogP) is 5.90. The highest BCUT2D eigenvalue weighted by Gasteiger charge is 2.20. The highest BCUT2D eigenvalue weighted by atomic mass is 14.2. The third kappa shape index (κ3) is 4.38. The summed E-state index contributed by atoms with van der Waals surface area (Å²) in [4.78, 5) is 0. The zero-order valence-corrected chi connectivity index (χ0v) is 11.4. The van der Waals surface area contributed by atoms with Crippen molar-refractivity contribution in [3.63, 3.8) is 0 Å². The molecule has 0 aliphatic heterocycles. The van der Waals surface area contributed by atoms with Crippen LogP contribution >= 0.6 is 0 Å². The molecule has 1 aliphatic carbocycles. The smallest absolute Gasteiger partial charge is 0.0100 e. The molecule has 0 spiro atoms. The highest BCUT2D eigenvalue weighted by molar-refractivity contribution is 5.27. The summed E-state index contributed by atoms with van der Waals surface area (Å²) < 4.78 is 0. The Morgan fingerprint density at radius 2 is 1.74 bits per heavy atom. The summed E-state index contributed by atoms with van der Waals surface area (Å²) in [7, 11) is 0. The van der Waals surface area contributed by atoms with E-state index in [9.17, 15) is 0 Å². The van der Waals surface area contributed by atoms with Gasteiger partial charge in [0.05, 0.1) is 0 Å². The van der Waals surface area contributed by atoms with Crippen LogP contribution in [0.3, 0.4) is 0 Å². The minimum absolute atomic E-state index is 0. The van der Waals surface area contributed by atoms with Crippen molar-refractivity contribution in [3.05, 3.63) is 60.2 Å². The minimum Gasteiger partial charge on any atom is -0.103 e. The van der Waals surface area contributed by atoms with Crippen molar-refractivity contribution in [1.29, 1.82) is 0 Å². The molecule has 0 heterocycles. The van der Waals surface area contributed by atoms with E-state index >= 15 is 0 Å². The molecule has 0 radical (unpaired) electrons. The van der Waals surface area contributed by atoms with Gasteiger partial charge in [-0.3, -0.25) is 0 Å². The number of rotatable bonds is 4. The van der Waals surface area contributed by atoms with E-state index in [1.54, 1.807) is 0 Å². The summed E-state index contributed by atoms with van der Waals surface area (Å²) in [6, 6.07) is 9.16. The fourth-order valence-corrected chi connectivity index (χ4v) is 3.01. The maximum absolute atomic E-state index is 3.79. The molecule has 0 saturated heterocycles. The van der Waals surface area contributed by atoms with Gasteiger partial charge in [0.2, 0.25) is 0 Å². The van der Waals surface area contributed by atoms with Crippen molar-refractivity contribution in [2.45, 2.75) is 52.4 Å². The maximum Gasteiger partial charge on any atom is -0.0100 e. The van der Waals surface area contributed by atoms with Gasteiger partial charge in [0, 0.05) is 0 Å². The van der Waals surface area contributed by atoms with Crippen LogP contribution in [0.2, 0.25) is 0 Å². The molecule has 1 aromatic carbocycles. The summed E-state index contributed by atoms with van der Waals surface area (Å²) in [5.74, 6) is 1.61. The molecule has 1 aromatic rings. The molecule has 1 saturated carbocycles. The van der Waals surface area contributed by atoms with Crippen LogP contribution in [0.15, 0.2) is 49.1 Å². The lowest BCUT2D eigenvalue weighted by atomic mass is 9.78. The molecule has 0 heteroatoms. The molecule has 0 nitrogen and oxygen atoms in total. The molecule has 0 N–H and O–H groups in total. The van der Waals surface area contributed by atoms with Gasteiger partial charge in [-0.15, -0.1) is 6.58 Å². The van der Waals surface area contributed by atoms with Crippen molar-refractivity contribution < 1.29 is 0 Å². The van der Waals surface area contributed by atoms with Crippen LogP contribution in [0, 0.1) is 5.92 Å². The Hall–Kier alpha value is -1.30. The van der Waals surface area contributed by atoms with E-state index in [1.807, 2.05) is 6.08 Å². The molecule has 1 fully saturated rings. The molecule has 0 amide bonds. The first-order valence-corrected chi connectivity index (χ1v) is 7.16. The van der Waals surface area contributed by atoms with Crippen molar-refractivity contribution in [1.82, 2.24) is 0 Å². The van der Waals surface area contributed by atoms with E-state index in [1.165, 1.54) is 36.8 Å². The molecule has 19 heavy (non-hydrogen) atoms. The zero-order valence-electron chi connectivity index (χ0n) is 11.4. The van der Waals surface area contributed by atoms with Gasteiger partial charge in [-0.25, -0.2) is 0 Å². The number of hydrogen-bond donors (Lipinski definition) is 0. The SMILES string of the molecule is C.C=CCc1ccc(C2CCC(C=CC)CC2)cc1. The molecular formula is C19H28. The van der Waals surface area contributed by atoms with Gasteiger partial charge in [0.1, 0.15) is 0 Å². The number of allylic oxidation sites excluding steroid dienone is 3. The van der Waals surface area contributed by atoms with Gasteiger partial charge >= 0.3 is 0 Å². The molecule has 0 bridgehead atoms. The highest BCUT2D eigenvalue weighted by Crippen LogP contribution is 2.36. The van der Waals surface area contributed by atoms with E-state index < -0.39 is 0 Å². The standard InChI is InChI=1S/C18H24.CH4/c1-3-5-15-7-11-17(12-8-15)18-13-9-16(6-4-2)10-14-18;/h3-4,6-8,11-12,16,18H,1,5,9-10,13-14H2,2H3;1H4. The van der Waals surface area contributed by atoms with Crippen LogP contribution in [-0.2, 0) is 6.42 Å². The van der Waals surface area contributed by atoms with Gasteiger partial charge in [0.25, 0.3) is 0 Å². The molecule has 1 aliphatic rings. The number of hydrogen-bond acceptors (Lipinski definition) is 0. The third-order valence-electron chi connectivity index (χ3n) is 4.07. The van der Waals surface area contributed by atoms with Gasteiger partial charge in [-0.1, -0.05) is 49.9 Å². The van der Waals surface area contributed by atoms with Gasteiger partial charge in [-0.2, -0.15) is 0 Å². The van der Waals surface area contributed by atoms with E-state index in [2.05, 4.69) is 49.9 Å². The van der Waals surface area contributed by atoms with E-state index in [0.29, 0.717) is 0 Å². The zero-order chi connectivity index (χ0) is 12.8. The number of benzene rings is 1. The van der Waals surface area contributed by atoms with Crippen LogP contribution in [0.5, 0.6) is 0 Å². The monoisotopic (exact) mass is 256 g/mol. The second kappa shape index (κ2) is 7.99. The Labute approximate surface area is 119 Å². The molecule has 2 rings (SSSR count). The quantitative estimate of drug-likeness (QED) is 0.588. The van der Waals surface area contributed by atoms with E-state index in [0.717, 1.165) is 18.3 Å². The Bertz CT molecular complexity index is 389. The van der Waals surface area contributed by atoms with Gasteiger partial charge < -0.3 is 0 Å². The van der Waals surface area contributed by atoms with Gasteiger partial charge in [-0.05, 0) is 62.0 Å². The molecule has 0 unspecified atom stereocenters. The fourth-order valence-electron chi connectivity index (χ4n) is 3.01. The summed E-state index contributed by atoms with van der Waals surface area (Å²) >= 11 is 0. The van der Waals surface area contributed by atoms with Crippen LogP contribution < -0.4 is 0 Å². The lowest BCUT2D eigenvalue weighted by Gasteiger charge is -2.27. The molecule has 0 aromatic heterocycles. The average molecular weight is 256 g/mol. The third-order valence-corrected chi connectivity index (χ3v) is 4.07. The molecular weight excluding hydrogens is 228 g/mol. The first-order valence-electron chi connectivity index (χ1n) is 7.16. The van der Waals surface area contributed by atoms with Crippen molar-refractivity contribution >= 4 is 0 Å². The largest absolute Gasteiger partial charge is 0.103 e. The lowest BCUT2D eigenvalue weighted by Crippen LogP contribution is -2.11. The molecule has 0 atom stereocenters. The van der Waals surface area contributed by atoms with Crippen molar-refractivity contribution in [3.8, 4) is 0 Å². The van der Waals surface area contributed by atoms with Crippen molar-refractivity contribution in [2.75, 3.05) is 0 Å².